The van der Waals surface area contributed by atoms with Gasteiger partial charge in [0.05, 0.1) is 5.75 Å². The molecule has 5 nitrogen and oxygen atoms in total. The second-order valence-corrected chi connectivity index (χ2v) is 6.55. The zero-order valence-electron chi connectivity index (χ0n) is 12.0. The number of nitrogens with zero attached hydrogens (tertiary/aromatic N) is 2. The van der Waals surface area contributed by atoms with Gasteiger partial charge in [-0.05, 0) is 43.7 Å². The molecule has 2 rings (SSSR count). The van der Waals surface area contributed by atoms with E-state index < -0.39 is 10.0 Å². The standard InChI is InChI=1S/C15H17N3O2S/c1-3-18-14(11-16)9-10-15(18)12-5-7-13(8-6-12)17-21(19,20)4-2/h5-10,17H,3-4H2,1-2H3. The number of nitrogens with one attached hydrogen (secondary N) is 1. The maximum absolute atomic E-state index is 11.5. The van der Waals surface area contributed by atoms with Crippen LogP contribution in [0.5, 0.6) is 0 Å². The SMILES string of the molecule is CCn1c(C#N)ccc1-c1ccc(NS(=O)(=O)CC)cc1. The first-order chi connectivity index (χ1) is 10.0. The molecule has 2 aromatic rings. The summed E-state index contributed by atoms with van der Waals surface area (Å²) in [6, 6.07) is 13.0. The fourth-order valence-corrected chi connectivity index (χ4v) is 2.76. The number of rotatable bonds is 5. The van der Waals surface area contributed by atoms with E-state index in [1.807, 2.05) is 29.7 Å². The summed E-state index contributed by atoms with van der Waals surface area (Å²) < 4.78 is 27.5. The van der Waals surface area contributed by atoms with E-state index in [0.717, 1.165) is 11.3 Å². The molecule has 110 valence electrons. The van der Waals surface area contributed by atoms with Crippen LogP contribution in [0.15, 0.2) is 36.4 Å². The van der Waals surface area contributed by atoms with Gasteiger partial charge in [0.1, 0.15) is 11.8 Å². The van der Waals surface area contributed by atoms with E-state index in [-0.39, 0.29) is 5.75 Å². The molecule has 0 bridgehead atoms. The van der Waals surface area contributed by atoms with Gasteiger partial charge in [-0.25, -0.2) is 8.42 Å². The van der Waals surface area contributed by atoms with Gasteiger partial charge in [-0.2, -0.15) is 5.26 Å². The Labute approximate surface area is 124 Å². The lowest BCUT2D eigenvalue weighted by Crippen LogP contribution is -2.14. The number of benzene rings is 1. The van der Waals surface area contributed by atoms with Crippen molar-refractivity contribution >= 4 is 15.7 Å². The Bertz CT molecular complexity index is 768. The number of hydrogen-bond acceptors (Lipinski definition) is 3. The van der Waals surface area contributed by atoms with Crippen molar-refractivity contribution < 1.29 is 8.42 Å². The molecular weight excluding hydrogens is 286 g/mol. The first kappa shape index (κ1) is 15.1. The van der Waals surface area contributed by atoms with Gasteiger partial charge in [-0.1, -0.05) is 12.1 Å². The van der Waals surface area contributed by atoms with E-state index in [1.165, 1.54) is 0 Å². The fraction of sp³-hybridized carbons (Fsp3) is 0.267. The van der Waals surface area contributed by atoms with Crippen molar-refractivity contribution in [3.05, 3.63) is 42.1 Å². The van der Waals surface area contributed by atoms with Crippen molar-refractivity contribution in [3.8, 4) is 17.3 Å². The van der Waals surface area contributed by atoms with Gasteiger partial charge in [0.25, 0.3) is 0 Å². The third-order valence-electron chi connectivity index (χ3n) is 3.25. The molecule has 1 aromatic carbocycles. The van der Waals surface area contributed by atoms with E-state index in [2.05, 4.69) is 10.8 Å². The van der Waals surface area contributed by atoms with Crippen LogP contribution in [-0.4, -0.2) is 18.7 Å². The smallest absolute Gasteiger partial charge is 0.232 e. The maximum atomic E-state index is 11.5. The van der Waals surface area contributed by atoms with Crippen LogP contribution in [0, 0.1) is 11.3 Å². The van der Waals surface area contributed by atoms with Crippen LogP contribution in [0.25, 0.3) is 11.3 Å². The van der Waals surface area contributed by atoms with Crippen molar-refractivity contribution in [2.75, 3.05) is 10.5 Å². The number of sulfonamides is 1. The van der Waals surface area contributed by atoms with E-state index in [9.17, 15) is 8.42 Å². The molecule has 0 spiro atoms. The number of anilines is 1. The minimum Gasteiger partial charge on any atom is -0.333 e. The summed E-state index contributed by atoms with van der Waals surface area (Å²) in [6.45, 7) is 4.28. The molecule has 0 unspecified atom stereocenters. The fourth-order valence-electron chi connectivity index (χ4n) is 2.12. The van der Waals surface area contributed by atoms with Crippen molar-refractivity contribution in [1.82, 2.24) is 4.57 Å². The van der Waals surface area contributed by atoms with Crippen LogP contribution in [-0.2, 0) is 16.6 Å². The highest BCUT2D eigenvalue weighted by Gasteiger charge is 2.10. The van der Waals surface area contributed by atoms with Crippen molar-refractivity contribution in [3.63, 3.8) is 0 Å². The average molecular weight is 303 g/mol. The van der Waals surface area contributed by atoms with Crippen LogP contribution < -0.4 is 4.72 Å². The topological polar surface area (TPSA) is 74.9 Å². The molecule has 6 heteroatoms. The molecule has 1 heterocycles. The highest BCUT2D eigenvalue weighted by atomic mass is 32.2. The molecule has 0 radical (unpaired) electrons. The molecule has 0 amide bonds. The lowest BCUT2D eigenvalue weighted by Gasteiger charge is -2.10. The molecule has 0 aliphatic rings. The van der Waals surface area contributed by atoms with Crippen molar-refractivity contribution in [1.29, 1.82) is 5.26 Å². The molecule has 0 aliphatic carbocycles. The molecule has 0 aliphatic heterocycles. The van der Waals surface area contributed by atoms with E-state index in [0.29, 0.717) is 17.9 Å². The normalized spacial score (nSPS) is 11.1. The molecule has 0 saturated carbocycles. The van der Waals surface area contributed by atoms with Gasteiger partial charge in [-0.15, -0.1) is 0 Å². The first-order valence-electron chi connectivity index (χ1n) is 6.71. The Morgan fingerprint density at radius 2 is 1.81 bits per heavy atom. The second kappa shape index (κ2) is 6.02. The highest BCUT2D eigenvalue weighted by molar-refractivity contribution is 7.92. The quantitative estimate of drug-likeness (QED) is 0.923. The second-order valence-electron chi connectivity index (χ2n) is 4.54. The Hall–Kier alpha value is -2.26. The Morgan fingerprint density at radius 1 is 1.14 bits per heavy atom. The van der Waals surface area contributed by atoms with E-state index in [4.69, 9.17) is 5.26 Å². The first-order valence-corrected chi connectivity index (χ1v) is 8.36. The molecule has 1 N–H and O–H groups in total. The van der Waals surface area contributed by atoms with Crippen LogP contribution >= 0.6 is 0 Å². The predicted octanol–water partition coefficient (Wildman–Crippen LogP) is 2.81. The molecule has 0 atom stereocenters. The number of nitriles is 1. The van der Waals surface area contributed by atoms with Crippen LogP contribution in [0.1, 0.15) is 19.5 Å². The summed E-state index contributed by atoms with van der Waals surface area (Å²) in [4.78, 5) is 0. The van der Waals surface area contributed by atoms with Crippen LogP contribution in [0.3, 0.4) is 0 Å². The molecule has 0 fully saturated rings. The van der Waals surface area contributed by atoms with E-state index >= 15 is 0 Å². The minimum absolute atomic E-state index is 0.0406. The molecule has 0 saturated heterocycles. The molecule has 1 aromatic heterocycles. The van der Waals surface area contributed by atoms with Crippen molar-refractivity contribution in [2.45, 2.75) is 20.4 Å². The predicted molar refractivity (Wildman–Crippen MR) is 83.3 cm³/mol. The third-order valence-corrected chi connectivity index (χ3v) is 4.55. The summed E-state index contributed by atoms with van der Waals surface area (Å²) in [7, 11) is -3.26. The summed E-state index contributed by atoms with van der Waals surface area (Å²) in [5.41, 5.74) is 3.04. The third kappa shape index (κ3) is 3.26. The van der Waals surface area contributed by atoms with Gasteiger partial charge in [0.15, 0.2) is 0 Å². The summed E-state index contributed by atoms with van der Waals surface area (Å²) >= 11 is 0. The minimum atomic E-state index is -3.26. The van der Waals surface area contributed by atoms with E-state index in [1.54, 1.807) is 25.1 Å². The average Bonchev–Trinajstić information content (AvgIpc) is 2.90. The number of hydrogen-bond donors (Lipinski definition) is 1. The zero-order valence-corrected chi connectivity index (χ0v) is 12.8. The van der Waals surface area contributed by atoms with Gasteiger partial charge in [-0.3, -0.25) is 4.72 Å². The number of aromatic nitrogens is 1. The Morgan fingerprint density at radius 3 is 2.33 bits per heavy atom. The largest absolute Gasteiger partial charge is 0.333 e. The Kier molecular flexibility index (Phi) is 4.34. The van der Waals surface area contributed by atoms with Gasteiger partial charge in [0.2, 0.25) is 10.0 Å². The lowest BCUT2D eigenvalue weighted by molar-refractivity contribution is 0.602. The van der Waals surface area contributed by atoms with Crippen molar-refractivity contribution in [2.24, 2.45) is 0 Å². The van der Waals surface area contributed by atoms with Gasteiger partial charge in [0, 0.05) is 17.9 Å². The monoisotopic (exact) mass is 303 g/mol. The molecular formula is C15H17N3O2S. The Balaban J connectivity index is 2.32. The maximum Gasteiger partial charge on any atom is 0.232 e. The van der Waals surface area contributed by atoms with Gasteiger partial charge >= 0.3 is 0 Å². The summed E-state index contributed by atoms with van der Waals surface area (Å²) in [5.74, 6) is 0.0406. The highest BCUT2D eigenvalue weighted by Crippen LogP contribution is 2.24. The summed E-state index contributed by atoms with van der Waals surface area (Å²) in [6.07, 6.45) is 0. The molecule has 21 heavy (non-hydrogen) atoms. The lowest BCUT2D eigenvalue weighted by atomic mass is 10.1. The van der Waals surface area contributed by atoms with Gasteiger partial charge < -0.3 is 4.57 Å². The zero-order chi connectivity index (χ0) is 15.5. The summed E-state index contributed by atoms with van der Waals surface area (Å²) in [5, 5.41) is 9.06. The van der Waals surface area contributed by atoms with Crippen LogP contribution in [0.4, 0.5) is 5.69 Å². The van der Waals surface area contributed by atoms with Crippen LogP contribution in [0.2, 0.25) is 0 Å².